The van der Waals surface area contributed by atoms with Crippen LogP contribution < -0.4 is 10.3 Å². The zero-order chi connectivity index (χ0) is 27.6. The van der Waals surface area contributed by atoms with Gasteiger partial charge in [0.25, 0.3) is 5.56 Å². The molecule has 0 N–H and O–H groups in total. The van der Waals surface area contributed by atoms with Crippen molar-refractivity contribution in [2.45, 2.75) is 32.8 Å². The van der Waals surface area contributed by atoms with Gasteiger partial charge in [0, 0.05) is 37.6 Å². The predicted octanol–water partition coefficient (Wildman–Crippen LogP) is 8.11. The number of aromatic nitrogens is 2. The smallest absolute Gasteiger partial charge is 0.312 e. The molecule has 1 aromatic heterocycles. The van der Waals surface area contributed by atoms with E-state index in [4.69, 9.17) is 27.9 Å². The Morgan fingerprint density at radius 2 is 1.95 bits per heavy atom. The molecule has 0 fully saturated rings. The van der Waals surface area contributed by atoms with Crippen LogP contribution in [0.3, 0.4) is 0 Å². The fourth-order valence-corrected chi connectivity index (χ4v) is 5.05. The van der Waals surface area contributed by atoms with Crippen molar-refractivity contribution in [1.29, 1.82) is 0 Å². The molecule has 1 heterocycles. The van der Waals surface area contributed by atoms with Crippen molar-refractivity contribution in [3.05, 3.63) is 105 Å². The topological polar surface area (TPSA) is 99.6 Å². The van der Waals surface area contributed by atoms with Crippen LogP contribution in [0.4, 0.5) is 5.69 Å². The number of nitrogens with zero attached hydrogens (tertiary/aromatic N) is 4. The molecule has 0 bridgehead atoms. The first-order valence-corrected chi connectivity index (χ1v) is 13.7. The van der Waals surface area contributed by atoms with Crippen LogP contribution >= 0.6 is 55.1 Å². The molecule has 0 aliphatic carbocycles. The molecule has 0 saturated carbocycles. The Labute approximate surface area is 244 Å². The van der Waals surface area contributed by atoms with Gasteiger partial charge in [-0.3, -0.25) is 14.9 Å². The number of nitro benzene ring substituents is 1. The summed E-state index contributed by atoms with van der Waals surface area (Å²) in [5.41, 5.74) is 0.963. The molecule has 8 nitrogen and oxygen atoms in total. The Balaban J connectivity index is 1.73. The fraction of sp³-hybridized carbons (Fsp3) is 0.192. The SMILES string of the molecule is CC[C@H](C)c1nc2ccc(Br)cc2c(=O)n1N=Cc1cc(Br)c(OCc2ccc(Cl)cc2Cl)c([N+](=O)[O-])c1. The van der Waals surface area contributed by atoms with Crippen LogP contribution in [0, 0.1) is 10.1 Å². The van der Waals surface area contributed by atoms with Gasteiger partial charge in [0.2, 0.25) is 5.75 Å². The van der Waals surface area contributed by atoms with E-state index < -0.39 is 4.92 Å². The average Bonchev–Trinajstić information content (AvgIpc) is 2.87. The second kappa shape index (κ2) is 11.9. The number of rotatable bonds is 8. The summed E-state index contributed by atoms with van der Waals surface area (Å²) in [6.45, 7) is 3.95. The third-order valence-electron chi connectivity index (χ3n) is 5.84. The Kier molecular flexibility index (Phi) is 8.87. The lowest BCUT2D eigenvalue weighted by Gasteiger charge is -2.14. The van der Waals surface area contributed by atoms with Gasteiger partial charge in [-0.25, -0.2) is 4.98 Å². The van der Waals surface area contributed by atoms with E-state index in [1.165, 1.54) is 17.0 Å². The van der Waals surface area contributed by atoms with E-state index in [0.29, 0.717) is 42.4 Å². The summed E-state index contributed by atoms with van der Waals surface area (Å²) in [4.78, 5) is 29.4. The number of nitro groups is 1. The molecule has 4 aromatic rings. The van der Waals surface area contributed by atoms with Crippen LogP contribution in [0.1, 0.15) is 43.1 Å². The highest BCUT2D eigenvalue weighted by atomic mass is 79.9. The van der Waals surface area contributed by atoms with Crippen molar-refractivity contribution < 1.29 is 9.66 Å². The Hall–Kier alpha value is -2.79. The van der Waals surface area contributed by atoms with Crippen LogP contribution in [0.5, 0.6) is 5.75 Å². The highest BCUT2D eigenvalue weighted by Gasteiger charge is 2.21. The van der Waals surface area contributed by atoms with E-state index >= 15 is 0 Å². The van der Waals surface area contributed by atoms with E-state index in [0.717, 1.165) is 10.9 Å². The molecular formula is C26H20Br2Cl2N4O4. The highest BCUT2D eigenvalue weighted by Crippen LogP contribution is 2.37. The summed E-state index contributed by atoms with van der Waals surface area (Å²) in [7, 11) is 0. The van der Waals surface area contributed by atoms with Crippen LogP contribution in [-0.2, 0) is 6.61 Å². The molecule has 38 heavy (non-hydrogen) atoms. The number of hydrogen-bond donors (Lipinski definition) is 0. The van der Waals surface area contributed by atoms with Gasteiger partial charge in [-0.15, -0.1) is 0 Å². The van der Waals surface area contributed by atoms with E-state index in [1.54, 1.807) is 36.4 Å². The first-order chi connectivity index (χ1) is 18.1. The van der Waals surface area contributed by atoms with Crippen molar-refractivity contribution in [2.24, 2.45) is 5.10 Å². The molecule has 3 aromatic carbocycles. The van der Waals surface area contributed by atoms with Crippen molar-refractivity contribution in [3.8, 4) is 5.75 Å². The largest absolute Gasteiger partial charge is 0.481 e. The molecule has 0 radical (unpaired) electrons. The van der Waals surface area contributed by atoms with Gasteiger partial charge in [0.05, 0.1) is 26.5 Å². The van der Waals surface area contributed by atoms with Crippen molar-refractivity contribution >= 4 is 77.9 Å². The maximum absolute atomic E-state index is 13.3. The number of benzene rings is 3. The van der Waals surface area contributed by atoms with Crippen LogP contribution in [-0.4, -0.2) is 20.8 Å². The first-order valence-electron chi connectivity index (χ1n) is 11.4. The van der Waals surface area contributed by atoms with Crippen LogP contribution in [0.25, 0.3) is 10.9 Å². The normalized spacial score (nSPS) is 12.3. The Morgan fingerprint density at radius 3 is 2.63 bits per heavy atom. The van der Waals surface area contributed by atoms with E-state index in [2.05, 4.69) is 41.9 Å². The van der Waals surface area contributed by atoms with Crippen molar-refractivity contribution in [3.63, 3.8) is 0 Å². The van der Waals surface area contributed by atoms with Crippen LogP contribution in [0.15, 0.2) is 67.4 Å². The summed E-state index contributed by atoms with van der Waals surface area (Å²) in [6.07, 6.45) is 2.13. The summed E-state index contributed by atoms with van der Waals surface area (Å²) < 4.78 is 8.10. The number of halogens is 4. The second-order valence-corrected chi connectivity index (χ2v) is 11.0. The summed E-state index contributed by atoms with van der Waals surface area (Å²) >= 11 is 18.9. The average molecular weight is 683 g/mol. The third-order valence-corrected chi connectivity index (χ3v) is 7.51. The maximum atomic E-state index is 13.3. The van der Waals surface area contributed by atoms with E-state index in [9.17, 15) is 14.9 Å². The molecule has 12 heteroatoms. The zero-order valence-electron chi connectivity index (χ0n) is 20.1. The van der Waals surface area contributed by atoms with Gasteiger partial charge in [0.1, 0.15) is 12.4 Å². The molecule has 0 unspecified atom stereocenters. The fourth-order valence-electron chi connectivity index (χ4n) is 3.64. The molecule has 0 amide bonds. The Morgan fingerprint density at radius 1 is 1.18 bits per heavy atom. The zero-order valence-corrected chi connectivity index (χ0v) is 24.8. The third kappa shape index (κ3) is 6.09. The lowest BCUT2D eigenvalue weighted by atomic mass is 10.1. The van der Waals surface area contributed by atoms with Gasteiger partial charge in [-0.2, -0.15) is 9.78 Å². The van der Waals surface area contributed by atoms with Gasteiger partial charge >= 0.3 is 5.69 Å². The summed E-state index contributed by atoms with van der Waals surface area (Å²) in [5.74, 6) is 0.481. The molecular weight excluding hydrogens is 663 g/mol. The maximum Gasteiger partial charge on any atom is 0.312 e. The predicted molar refractivity (Wildman–Crippen MR) is 157 cm³/mol. The summed E-state index contributed by atoms with van der Waals surface area (Å²) in [6, 6.07) is 13.2. The lowest BCUT2D eigenvalue weighted by Crippen LogP contribution is -2.23. The van der Waals surface area contributed by atoms with Crippen molar-refractivity contribution in [1.82, 2.24) is 9.66 Å². The van der Waals surface area contributed by atoms with Gasteiger partial charge in [0.15, 0.2) is 0 Å². The van der Waals surface area contributed by atoms with E-state index in [1.807, 2.05) is 19.9 Å². The minimum Gasteiger partial charge on any atom is -0.481 e. The molecule has 1 atom stereocenters. The molecule has 0 spiro atoms. The Bertz CT molecular complexity index is 1640. The summed E-state index contributed by atoms with van der Waals surface area (Å²) in [5, 5.41) is 17.5. The van der Waals surface area contributed by atoms with E-state index in [-0.39, 0.29) is 29.5 Å². The first kappa shape index (κ1) is 28.2. The second-order valence-electron chi connectivity index (χ2n) is 8.43. The number of hydrogen-bond acceptors (Lipinski definition) is 6. The number of ether oxygens (including phenoxy) is 1. The molecule has 196 valence electrons. The van der Waals surface area contributed by atoms with Gasteiger partial charge in [-0.1, -0.05) is 59.0 Å². The van der Waals surface area contributed by atoms with Gasteiger partial charge < -0.3 is 4.74 Å². The van der Waals surface area contributed by atoms with Crippen LogP contribution in [0.2, 0.25) is 10.0 Å². The monoisotopic (exact) mass is 680 g/mol. The molecule has 0 saturated heterocycles. The van der Waals surface area contributed by atoms with Gasteiger partial charge in [-0.05, 0) is 58.7 Å². The molecule has 4 rings (SSSR count). The highest BCUT2D eigenvalue weighted by molar-refractivity contribution is 9.10. The minimum absolute atomic E-state index is 0.00510. The molecule has 0 aliphatic heterocycles. The standard InChI is InChI=1S/C26H20Br2Cl2N4O4/c1-3-14(2)25-32-22-7-5-17(27)10-19(22)26(35)33(25)31-12-15-8-20(28)24(23(9-15)34(36)37)38-13-16-4-6-18(29)11-21(16)30/h4-12,14H,3,13H2,1-2H3/t14-/m0/s1. The number of fused-ring (bicyclic) bond motifs is 1. The van der Waals surface area contributed by atoms with Crippen molar-refractivity contribution in [2.75, 3.05) is 0 Å². The minimum atomic E-state index is -0.549. The quantitative estimate of drug-likeness (QED) is 0.106. The lowest BCUT2D eigenvalue weighted by molar-refractivity contribution is -0.386. The molecule has 0 aliphatic rings.